The lowest BCUT2D eigenvalue weighted by Gasteiger charge is -2.33. The van der Waals surface area contributed by atoms with Gasteiger partial charge in [0.1, 0.15) is 22.9 Å². The molecule has 242 valence electrons. The van der Waals surface area contributed by atoms with Gasteiger partial charge in [-0.05, 0) is 45.7 Å². The van der Waals surface area contributed by atoms with Crippen LogP contribution in [0.3, 0.4) is 0 Å². The summed E-state index contributed by atoms with van der Waals surface area (Å²) in [6.45, 7) is 6.51. The largest absolute Gasteiger partial charge is 0.444 e. The Labute approximate surface area is 256 Å². The minimum atomic E-state index is -4.99. The van der Waals surface area contributed by atoms with Crippen LogP contribution in [-0.4, -0.2) is 74.6 Å². The van der Waals surface area contributed by atoms with Gasteiger partial charge in [-0.2, -0.15) is 23.4 Å². The maximum Gasteiger partial charge on any atom is 0.410 e. The van der Waals surface area contributed by atoms with Gasteiger partial charge in [0.25, 0.3) is 0 Å². The third kappa shape index (κ3) is 7.13. The van der Waals surface area contributed by atoms with Crippen molar-refractivity contribution in [2.45, 2.75) is 51.4 Å². The number of hydrogen-bond acceptors (Lipinski definition) is 8. The molecule has 4 heterocycles. The van der Waals surface area contributed by atoms with Gasteiger partial charge in [0.05, 0.1) is 28.8 Å². The van der Waals surface area contributed by atoms with Gasteiger partial charge in [0, 0.05) is 49.2 Å². The first-order chi connectivity index (χ1) is 20.9. The van der Waals surface area contributed by atoms with Crippen LogP contribution in [0, 0.1) is 5.82 Å². The zero-order chi connectivity index (χ0) is 32.9. The molecule has 3 N–H and O–H groups in total. The fourth-order valence-electron chi connectivity index (χ4n) is 5.23. The van der Waals surface area contributed by atoms with Crippen LogP contribution in [0.4, 0.5) is 33.9 Å². The lowest BCUT2D eigenvalue weighted by Crippen LogP contribution is -2.42. The summed E-state index contributed by atoms with van der Waals surface area (Å²) >= 11 is 0. The monoisotopic (exact) mass is 652 g/mol. The number of pyridine rings is 1. The summed E-state index contributed by atoms with van der Waals surface area (Å²) in [6, 6.07) is 3.35. The third-order valence-electron chi connectivity index (χ3n) is 7.16. The predicted molar refractivity (Wildman–Crippen MR) is 159 cm³/mol. The second-order valence-electron chi connectivity index (χ2n) is 11.8. The minimum absolute atomic E-state index is 0.0480. The van der Waals surface area contributed by atoms with Gasteiger partial charge in [-0.15, -0.1) is 0 Å². The number of hydrogen-bond donors (Lipinski definition) is 2. The molecule has 0 atom stereocenters. The van der Waals surface area contributed by atoms with Gasteiger partial charge in [-0.3, -0.25) is 14.1 Å². The summed E-state index contributed by atoms with van der Waals surface area (Å²) < 4.78 is 86.9. The van der Waals surface area contributed by atoms with Crippen LogP contribution >= 0.6 is 0 Å². The van der Waals surface area contributed by atoms with Crippen molar-refractivity contribution in [3.05, 3.63) is 42.6 Å². The fourth-order valence-corrected chi connectivity index (χ4v) is 6.23. The standard InChI is InChI=1S/C28H32F4N8O4S/c1-27(2,3)44-26(41)39-9-7-18(8-10-39)40-14-17(12-35-40)19-13-34-25(33)22-23(36-38(4)24(19)22)16-5-6-21(20(29)11-16)37-45(42,43)15-28(30,31)32/h5-6,11-14,18,37H,7-10,15H2,1-4H3,(H2,33,34). The number of nitrogens with two attached hydrogens (primary N) is 1. The van der Waals surface area contributed by atoms with E-state index in [9.17, 15) is 30.8 Å². The van der Waals surface area contributed by atoms with Crippen molar-refractivity contribution in [1.82, 2.24) is 29.4 Å². The Morgan fingerprint density at radius 1 is 1.13 bits per heavy atom. The summed E-state index contributed by atoms with van der Waals surface area (Å²) in [4.78, 5) is 18.4. The van der Waals surface area contributed by atoms with Crippen molar-refractivity contribution >= 4 is 38.5 Å². The van der Waals surface area contributed by atoms with E-state index in [0.29, 0.717) is 42.4 Å². The van der Waals surface area contributed by atoms with E-state index in [2.05, 4.69) is 15.2 Å². The summed E-state index contributed by atoms with van der Waals surface area (Å²) in [5, 5.41) is 9.47. The average molecular weight is 653 g/mol. The maximum absolute atomic E-state index is 14.9. The molecule has 1 aliphatic heterocycles. The number of nitrogens with zero attached hydrogens (tertiary/aromatic N) is 6. The first-order valence-corrected chi connectivity index (χ1v) is 15.6. The number of likely N-dealkylation sites (tertiary alicyclic amines) is 1. The van der Waals surface area contributed by atoms with E-state index in [1.54, 1.807) is 33.7 Å². The molecule has 1 amide bonds. The maximum atomic E-state index is 14.9. The Morgan fingerprint density at radius 3 is 2.44 bits per heavy atom. The number of alkyl halides is 3. The molecule has 0 aliphatic carbocycles. The number of anilines is 2. The third-order valence-corrected chi connectivity index (χ3v) is 8.39. The second-order valence-corrected chi connectivity index (χ2v) is 13.6. The molecule has 0 saturated carbocycles. The second kappa shape index (κ2) is 11.5. The van der Waals surface area contributed by atoms with Gasteiger partial charge in [0.2, 0.25) is 10.0 Å². The van der Waals surface area contributed by atoms with E-state index in [0.717, 1.165) is 17.7 Å². The number of carbonyl (C=O) groups is 1. The zero-order valence-corrected chi connectivity index (χ0v) is 25.7. The van der Waals surface area contributed by atoms with Crippen LogP contribution in [-0.2, 0) is 21.8 Å². The highest BCUT2D eigenvalue weighted by atomic mass is 32.2. The number of carbonyl (C=O) groups excluding carboxylic acids is 1. The molecule has 0 spiro atoms. The van der Waals surface area contributed by atoms with E-state index in [1.807, 2.05) is 31.6 Å². The number of amides is 1. The van der Waals surface area contributed by atoms with Crippen molar-refractivity contribution in [2.24, 2.45) is 7.05 Å². The van der Waals surface area contributed by atoms with Crippen molar-refractivity contribution in [1.29, 1.82) is 0 Å². The number of sulfonamides is 1. The molecular formula is C28H32F4N8O4S. The van der Waals surface area contributed by atoms with Gasteiger partial charge in [-0.1, -0.05) is 6.07 Å². The van der Waals surface area contributed by atoms with Crippen molar-refractivity contribution in [3.63, 3.8) is 0 Å². The molecule has 1 fully saturated rings. The van der Waals surface area contributed by atoms with Gasteiger partial charge >= 0.3 is 12.3 Å². The molecule has 1 aromatic carbocycles. The van der Waals surface area contributed by atoms with E-state index in [4.69, 9.17) is 10.5 Å². The molecule has 0 bridgehead atoms. The number of aryl methyl sites for hydroxylation is 1. The van der Waals surface area contributed by atoms with Crippen LogP contribution in [0.1, 0.15) is 39.7 Å². The number of piperidine rings is 1. The lowest BCUT2D eigenvalue weighted by molar-refractivity contribution is -0.106. The van der Waals surface area contributed by atoms with Gasteiger partial charge < -0.3 is 15.4 Å². The van der Waals surface area contributed by atoms with E-state index < -0.39 is 39.1 Å². The van der Waals surface area contributed by atoms with Gasteiger partial charge in [0.15, 0.2) is 5.75 Å². The molecule has 12 nitrogen and oxygen atoms in total. The normalized spacial score (nSPS) is 15.1. The summed E-state index contributed by atoms with van der Waals surface area (Å²) in [5.41, 5.74) is 7.41. The number of rotatable bonds is 6. The zero-order valence-electron chi connectivity index (χ0n) is 24.9. The smallest absolute Gasteiger partial charge is 0.410 e. The van der Waals surface area contributed by atoms with Crippen molar-refractivity contribution in [3.8, 4) is 22.4 Å². The summed E-state index contributed by atoms with van der Waals surface area (Å²) in [7, 11) is -3.21. The van der Waals surface area contributed by atoms with Gasteiger partial charge in [-0.25, -0.2) is 22.6 Å². The highest BCUT2D eigenvalue weighted by Crippen LogP contribution is 2.38. The van der Waals surface area contributed by atoms with E-state index in [-0.39, 0.29) is 29.2 Å². The lowest BCUT2D eigenvalue weighted by atomic mass is 10.0. The topological polar surface area (TPSA) is 150 Å². The molecule has 0 unspecified atom stereocenters. The van der Waals surface area contributed by atoms with E-state index >= 15 is 0 Å². The number of nitrogen functional groups attached to an aromatic ring is 1. The number of aromatic nitrogens is 5. The fraction of sp³-hybridized carbons (Fsp3) is 0.429. The van der Waals surface area contributed by atoms with Crippen LogP contribution in [0.2, 0.25) is 0 Å². The molecule has 3 aromatic heterocycles. The number of fused-ring (bicyclic) bond motifs is 1. The Morgan fingerprint density at radius 2 is 1.82 bits per heavy atom. The van der Waals surface area contributed by atoms with Crippen LogP contribution < -0.4 is 10.5 Å². The molecule has 1 saturated heterocycles. The Bertz CT molecular complexity index is 1860. The van der Waals surface area contributed by atoms with Crippen LogP contribution in [0.15, 0.2) is 36.8 Å². The number of ether oxygens (including phenoxy) is 1. The highest BCUT2D eigenvalue weighted by Gasteiger charge is 2.35. The van der Waals surface area contributed by atoms with E-state index in [1.165, 1.54) is 6.07 Å². The summed E-state index contributed by atoms with van der Waals surface area (Å²) in [6.07, 6.45) is 1.15. The number of benzene rings is 1. The number of halogens is 4. The van der Waals surface area contributed by atoms with Crippen LogP contribution in [0.25, 0.3) is 33.3 Å². The molecule has 17 heteroatoms. The Kier molecular flexibility index (Phi) is 8.18. The first-order valence-electron chi connectivity index (χ1n) is 13.9. The quantitative estimate of drug-likeness (QED) is 0.273. The predicted octanol–water partition coefficient (Wildman–Crippen LogP) is 5.10. The van der Waals surface area contributed by atoms with Crippen LogP contribution in [0.5, 0.6) is 0 Å². The average Bonchev–Trinajstić information content (AvgIpc) is 3.54. The minimum Gasteiger partial charge on any atom is -0.444 e. The highest BCUT2D eigenvalue weighted by molar-refractivity contribution is 7.92. The first kappa shape index (κ1) is 32.0. The Hall–Kier alpha value is -4.41. The molecule has 5 rings (SSSR count). The van der Waals surface area contributed by atoms with Crippen molar-refractivity contribution < 1.29 is 35.5 Å². The van der Waals surface area contributed by atoms with Crippen molar-refractivity contribution in [2.75, 3.05) is 29.3 Å². The number of nitrogens with one attached hydrogen (secondary N) is 1. The summed E-state index contributed by atoms with van der Waals surface area (Å²) in [5.74, 6) is -3.15. The SMILES string of the molecule is Cn1nc(-c2ccc(NS(=O)(=O)CC(F)(F)F)c(F)c2)c2c(N)ncc(-c3cnn(C4CCN(C(=O)OC(C)(C)C)CC4)c3)c21. The molecule has 45 heavy (non-hydrogen) atoms. The Balaban J connectivity index is 1.40. The molecule has 4 aromatic rings. The molecule has 1 aliphatic rings. The molecule has 0 radical (unpaired) electrons. The molecular weight excluding hydrogens is 620 g/mol.